The molecular formula is C15H25NO5. The Kier molecular flexibility index (Phi) is 9.12. The topological polar surface area (TPSA) is 88.8 Å². The van der Waals surface area contributed by atoms with Crippen molar-refractivity contribution in [3.05, 3.63) is 23.5 Å². The number of hydrogen-bond donors (Lipinski definition) is 2. The number of carbonyl (C=O) groups excluding carboxylic acids is 1. The number of rotatable bonds is 6. The van der Waals surface area contributed by atoms with Crippen molar-refractivity contribution in [3.63, 3.8) is 0 Å². The molecule has 1 aromatic heterocycles. The molecule has 0 aliphatic heterocycles. The minimum atomic E-state index is -0.833. The quantitative estimate of drug-likeness (QED) is 0.787. The number of carboxylic acid groups (broad SMARTS) is 1. The lowest BCUT2D eigenvalue weighted by molar-refractivity contribution is -0.134. The molecule has 0 aliphatic rings. The molecule has 0 unspecified atom stereocenters. The van der Waals surface area contributed by atoms with Gasteiger partial charge < -0.3 is 19.5 Å². The van der Waals surface area contributed by atoms with Crippen molar-refractivity contribution in [2.45, 2.75) is 46.6 Å². The number of aliphatic hydroxyl groups is 1. The number of hydrogen-bond acceptors (Lipinski definition) is 4. The molecule has 120 valence electrons. The van der Waals surface area contributed by atoms with Crippen molar-refractivity contribution < 1.29 is 24.5 Å². The maximum absolute atomic E-state index is 11.8. The molecule has 0 saturated carbocycles. The zero-order chi connectivity index (χ0) is 16.4. The van der Waals surface area contributed by atoms with Crippen molar-refractivity contribution in [2.75, 3.05) is 13.2 Å². The zero-order valence-corrected chi connectivity index (χ0v) is 13.1. The molecule has 0 bridgehead atoms. The second-order valence-electron chi connectivity index (χ2n) is 4.55. The second kappa shape index (κ2) is 9.99. The minimum Gasteiger partial charge on any atom is -0.481 e. The first-order valence-corrected chi connectivity index (χ1v) is 7.06. The van der Waals surface area contributed by atoms with E-state index < -0.39 is 5.97 Å². The Morgan fingerprint density at radius 3 is 2.33 bits per heavy atom. The monoisotopic (exact) mass is 299 g/mol. The van der Waals surface area contributed by atoms with E-state index in [1.54, 1.807) is 13.0 Å². The lowest BCUT2D eigenvalue weighted by Gasteiger charge is -2.18. The van der Waals surface area contributed by atoms with Crippen LogP contribution in [0, 0.1) is 0 Å². The van der Waals surface area contributed by atoms with Crippen LogP contribution in [0.5, 0.6) is 0 Å². The normalized spacial score (nSPS) is 11.3. The Hall–Kier alpha value is -1.82. The highest BCUT2D eigenvalue weighted by molar-refractivity contribution is 5.88. The van der Waals surface area contributed by atoms with Gasteiger partial charge in [0.2, 0.25) is 0 Å². The SMILES string of the molecule is CC(=O)O.CCOC(=O)c1ccc(CCO)n1[C@@H](C)CC. The molecular weight excluding hydrogens is 274 g/mol. The highest BCUT2D eigenvalue weighted by Crippen LogP contribution is 2.20. The average Bonchev–Trinajstić information content (AvgIpc) is 2.82. The lowest BCUT2D eigenvalue weighted by Crippen LogP contribution is -2.17. The predicted molar refractivity (Wildman–Crippen MR) is 79.5 cm³/mol. The number of esters is 1. The van der Waals surface area contributed by atoms with Crippen LogP contribution in [-0.4, -0.2) is 39.9 Å². The number of aromatic nitrogens is 1. The molecule has 0 fully saturated rings. The minimum absolute atomic E-state index is 0.0860. The molecule has 0 radical (unpaired) electrons. The second-order valence-corrected chi connectivity index (χ2v) is 4.55. The van der Waals surface area contributed by atoms with Gasteiger partial charge >= 0.3 is 5.97 Å². The highest BCUT2D eigenvalue weighted by atomic mass is 16.5. The van der Waals surface area contributed by atoms with Crippen molar-refractivity contribution in [1.29, 1.82) is 0 Å². The van der Waals surface area contributed by atoms with E-state index in [1.165, 1.54) is 0 Å². The average molecular weight is 299 g/mol. The van der Waals surface area contributed by atoms with Crippen molar-refractivity contribution in [3.8, 4) is 0 Å². The molecule has 21 heavy (non-hydrogen) atoms. The van der Waals surface area contributed by atoms with E-state index in [1.807, 2.05) is 10.6 Å². The van der Waals surface area contributed by atoms with Crippen LogP contribution in [0.25, 0.3) is 0 Å². The number of carboxylic acids is 1. The summed E-state index contributed by atoms with van der Waals surface area (Å²) in [5, 5.41) is 16.4. The molecule has 0 aromatic carbocycles. The third-order valence-corrected chi connectivity index (χ3v) is 2.89. The molecule has 1 aromatic rings. The van der Waals surface area contributed by atoms with Crippen molar-refractivity contribution in [1.82, 2.24) is 4.57 Å². The Morgan fingerprint density at radius 1 is 1.33 bits per heavy atom. The third kappa shape index (κ3) is 6.44. The number of carbonyl (C=O) groups is 2. The maximum atomic E-state index is 11.8. The van der Waals surface area contributed by atoms with Crippen LogP contribution in [-0.2, 0) is 16.0 Å². The van der Waals surface area contributed by atoms with E-state index in [9.17, 15) is 4.79 Å². The number of ether oxygens (including phenoxy) is 1. The van der Waals surface area contributed by atoms with Crippen LogP contribution >= 0.6 is 0 Å². The van der Waals surface area contributed by atoms with Gasteiger partial charge in [0.15, 0.2) is 0 Å². The van der Waals surface area contributed by atoms with E-state index in [4.69, 9.17) is 19.7 Å². The smallest absolute Gasteiger partial charge is 0.354 e. The Balaban J connectivity index is 0.000000885. The van der Waals surface area contributed by atoms with Gasteiger partial charge in [0.25, 0.3) is 5.97 Å². The lowest BCUT2D eigenvalue weighted by atomic mass is 10.2. The fourth-order valence-corrected chi connectivity index (χ4v) is 1.88. The predicted octanol–water partition coefficient (Wildman–Crippen LogP) is 2.26. The molecule has 0 aliphatic carbocycles. The summed E-state index contributed by atoms with van der Waals surface area (Å²) in [6.07, 6.45) is 1.49. The summed E-state index contributed by atoms with van der Waals surface area (Å²) in [5.41, 5.74) is 1.55. The molecule has 6 heteroatoms. The van der Waals surface area contributed by atoms with Gasteiger partial charge in [-0.3, -0.25) is 4.79 Å². The first kappa shape index (κ1) is 19.2. The van der Waals surface area contributed by atoms with E-state index in [0.717, 1.165) is 19.0 Å². The van der Waals surface area contributed by atoms with Crippen LogP contribution < -0.4 is 0 Å². The Labute approximate surface area is 125 Å². The number of aliphatic carboxylic acids is 1. The van der Waals surface area contributed by atoms with Gasteiger partial charge in [-0.2, -0.15) is 0 Å². The fourth-order valence-electron chi connectivity index (χ4n) is 1.88. The molecule has 6 nitrogen and oxygen atoms in total. The van der Waals surface area contributed by atoms with Gasteiger partial charge in [0.05, 0.1) is 6.61 Å². The largest absolute Gasteiger partial charge is 0.481 e. The van der Waals surface area contributed by atoms with Gasteiger partial charge in [0.1, 0.15) is 5.69 Å². The highest BCUT2D eigenvalue weighted by Gasteiger charge is 2.18. The summed E-state index contributed by atoms with van der Waals surface area (Å²) in [7, 11) is 0. The first-order chi connectivity index (χ1) is 9.88. The maximum Gasteiger partial charge on any atom is 0.354 e. The van der Waals surface area contributed by atoms with Crippen LogP contribution in [0.15, 0.2) is 12.1 Å². The Bertz CT molecular complexity index is 449. The summed E-state index contributed by atoms with van der Waals surface area (Å²) in [6, 6.07) is 3.88. The molecule has 2 N–H and O–H groups in total. The molecule has 1 heterocycles. The van der Waals surface area contributed by atoms with Crippen LogP contribution in [0.1, 0.15) is 56.3 Å². The van der Waals surface area contributed by atoms with Gasteiger partial charge in [-0.05, 0) is 32.4 Å². The van der Waals surface area contributed by atoms with E-state index in [0.29, 0.717) is 18.7 Å². The molecule has 0 saturated heterocycles. The molecule has 0 amide bonds. The summed E-state index contributed by atoms with van der Waals surface area (Å²) < 4.78 is 7.00. The number of aliphatic hydroxyl groups excluding tert-OH is 1. The van der Waals surface area contributed by atoms with Gasteiger partial charge in [-0.25, -0.2) is 4.79 Å². The van der Waals surface area contributed by atoms with Crippen LogP contribution in [0.4, 0.5) is 0 Å². The van der Waals surface area contributed by atoms with Crippen molar-refractivity contribution >= 4 is 11.9 Å². The molecule has 0 spiro atoms. The van der Waals surface area contributed by atoms with Gasteiger partial charge in [-0.1, -0.05) is 6.92 Å². The van der Waals surface area contributed by atoms with Gasteiger partial charge in [-0.15, -0.1) is 0 Å². The van der Waals surface area contributed by atoms with E-state index >= 15 is 0 Å². The zero-order valence-electron chi connectivity index (χ0n) is 13.1. The summed E-state index contributed by atoms with van der Waals surface area (Å²) in [4.78, 5) is 20.8. The molecule has 1 rings (SSSR count). The summed E-state index contributed by atoms with van der Waals surface area (Å²) >= 11 is 0. The first-order valence-electron chi connectivity index (χ1n) is 7.06. The third-order valence-electron chi connectivity index (χ3n) is 2.89. The van der Waals surface area contributed by atoms with Crippen molar-refractivity contribution in [2.24, 2.45) is 0 Å². The standard InChI is InChI=1S/C13H21NO3.C2H4O2/c1-4-10(3)14-11(8-9-15)6-7-12(14)13(16)17-5-2;1-2(3)4/h6-7,10,15H,4-5,8-9H2,1-3H3;1H3,(H,3,4)/t10-;/m0./s1. The van der Waals surface area contributed by atoms with Crippen LogP contribution in [0.3, 0.4) is 0 Å². The molecule has 1 atom stereocenters. The fraction of sp³-hybridized carbons (Fsp3) is 0.600. The Morgan fingerprint density at radius 2 is 1.90 bits per heavy atom. The number of nitrogens with zero attached hydrogens (tertiary/aromatic N) is 1. The van der Waals surface area contributed by atoms with E-state index in [2.05, 4.69) is 13.8 Å². The van der Waals surface area contributed by atoms with Gasteiger partial charge in [0, 0.05) is 31.7 Å². The summed E-state index contributed by atoms with van der Waals surface area (Å²) in [6.45, 7) is 7.47. The summed E-state index contributed by atoms with van der Waals surface area (Å²) in [5.74, 6) is -1.13. The van der Waals surface area contributed by atoms with E-state index in [-0.39, 0.29) is 18.6 Å². The van der Waals surface area contributed by atoms with Crippen LogP contribution in [0.2, 0.25) is 0 Å².